The van der Waals surface area contributed by atoms with Gasteiger partial charge in [0, 0.05) is 11.1 Å². The Hall–Kier alpha value is -2.33. The third-order valence-corrected chi connectivity index (χ3v) is 3.71. The van der Waals surface area contributed by atoms with Gasteiger partial charge in [-0.05, 0) is 43.0 Å². The Bertz CT molecular complexity index is 657. The second-order valence-electron chi connectivity index (χ2n) is 5.55. The Morgan fingerprint density at radius 3 is 2.62 bits per heavy atom. The maximum absolute atomic E-state index is 11.8. The van der Waals surface area contributed by atoms with Crippen LogP contribution in [0.4, 0.5) is 0 Å². The van der Waals surface area contributed by atoms with Gasteiger partial charge in [-0.25, -0.2) is 0 Å². The first kappa shape index (κ1) is 18.0. The molecule has 0 bridgehead atoms. The van der Waals surface area contributed by atoms with Gasteiger partial charge in [0.1, 0.15) is 0 Å². The first-order valence-electron chi connectivity index (χ1n) is 7.87. The molecule has 0 saturated carbocycles. The van der Waals surface area contributed by atoms with Gasteiger partial charge in [0.15, 0.2) is 6.61 Å². The van der Waals surface area contributed by atoms with Gasteiger partial charge in [0.2, 0.25) is 0 Å². The van der Waals surface area contributed by atoms with E-state index < -0.39 is 0 Å². The SMILES string of the molecule is C[C@H](CCc1ccccc1)NC(=O)CO/N=C\c1ccc(Cl)cc1. The molecule has 0 aliphatic rings. The van der Waals surface area contributed by atoms with E-state index >= 15 is 0 Å². The molecule has 0 aromatic heterocycles. The van der Waals surface area contributed by atoms with Crippen molar-refractivity contribution in [2.45, 2.75) is 25.8 Å². The fraction of sp³-hybridized carbons (Fsp3) is 0.263. The zero-order valence-electron chi connectivity index (χ0n) is 13.6. The predicted molar refractivity (Wildman–Crippen MR) is 97.4 cm³/mol. The van der Waals surface area contributed by atoms with E-state index in [-0.39, 0.29) is 18.6 Å². The number of nitrogens with zero attached hydrogens (tertiary/aromatic N) is 1. The fourth-order valence-corrected chi connectivity index (χ4v) is 2.29. The lowest BCUT2D eigenvalue weighted by Gasteiger charge is -2.13. The second-order valence-corrected chi connectivity index (χ2v) is 5.99. The first-order valence-corrected chi connectivity index (χ1v) is 8.25. The molecular formula is C19H21ClN2O2. The van der Waals surface area contributed by atoms with Crippen LogP contribution in [-0.4, -0.2) is 24.8 Å². The summed E-state index contributed by atoms with van der Waals surface area (Å²) in [6, 6.07) is 17.5. The molecule has 0 spiro atoms. The van der Waals surface area contributed by atoms with Gasteiger partial charge >= 0.3 is 0 Å². The highest BCUT2D eigenvalue weighted by Crippen LogP contribution is 2.08. The Morgan fingerprint density at radius 1 is 1.21 bits per heavy atom. The van der Waals surface area contributed by atoms with E-state index in [4.69, 9.17) is 16.4 Å². The summed E-state index contributed by atoms with van der Waals surface area (Å²) in [6.45, 7) is 1.89. The van der Waals surface area contributed by atoms with Gasteiger partial charge in [-0.15, -0.1) is 0 Å². The van der Waals surface area contributed by atoms with E-state index in [9.17, 15) is 4.79 Å². The summed E-state index contributed by atoms with van der Waals surface area (Å²) in [5.41, 5.74) is 2.12. The number of amides is 1. The van der Waals surface area contributed by atoms with E-state index in [2.05, 4.69) is 22.6 Å². The monoisotopic (exact) mass is 344 g/mol. The van der Waals surface area contributed by atoms with Crippen molar-refractivity contribution in [1.29, 1.82) is 0 Å². The second kappa shape index (κ2) is 9.73. The van der Waals surface area contributed by atoms with Crippen LogP contribution >= 0.6 is 11.6 Å². The van der Waals surface area contributed by atoms with Crippen LogP contribution in [0, 0.1) is 0 Å². The minimum absolute atomic E-state index is 0.0848. The molecule has 0 radical (unpaired) electrons. The summed E-state index contributed by atoms with van der Waals surface area (Å²) in [7, 11) is 0. The highest BCUT2D eigenvalue weighted by molar-refractivity contribution is 6.30. The number of nitrogens with one attached hydrogen (secondary N) is 1. The molecule has 1 N–H and O–H groups in total. The molecule has 0 aliphatic heterocycles. The van der Waals surface area contributed by atoms with Gasteiger partial charge in [-0.1, -0.05) is 59.2 Å². The number of benzene rings is 2. The Kier molecular flexibility index (Phi) is 7.30. The quantitative estimate of drug-likeness (QED) is 0.584. The maximum Gasteiger partial charge on any atom is 0.260 e. The van der Waals surface area contributed by atoms with Crippen molar-refractivity contribution >= 4 is 23.7 Å². The van der Waals surface area contributed by atoms with E-state index in [1.165, 1.54) is 5.56 Å². The first-order chi connectivity index (χ1) is 11.6. The van der Waals surface area contributed by atoms with Crippen molar-refractivity contribution in [3.63, 3.8) is 0 Å². The van der Waals surface area contributed by atoms with E-state index in [0.717, 1.165) is 18.4 Å². The lowest BCUT2D eigenvalue weighted by Crippen LogP contribution is -2.35. The Balaban J connectivity index is 1.64. The molecule has 126 valence electrons. The third-order valence-electron chi connectivity index (χ3n) is 3.46. The fourth-order valence-electron chi connectivity index (χ4n) is 2.16. The molecule has 1 amide bonds. The molecule has 0 heterocycles. The molecule has 2 aromatic rings. The Labute approximate surface area is 147 Å². The molecule has 5 heteroatoms. The van der Waals surface area contributed by atoms with Gasteiger partial charge in [-0.2, -0.15) is 0 Å². The number of aryl methyl sites for hydroxylation is 1. The normalized spacial score (nSPS) is 12.1. The maximum atomic E-state index is 11.8. The van der Waals surface area contributed by atoms with Crippen LogP contribution in [0.15, 0.2) is 59.8 Å². The van der Waals surface area contributed by atoms with E-state index in [0.29, 0.717) is 5.02 Å². The summed E-state index contributed by atoms with van der Waals surface area (Å²) >= 11 is 5.80. The predicted octanol–water partition coefficient (Wildman–Crippen LogP) is 3.83. The molecule has 0 aliphatic carbocycles. The lowest BCUT2D eigenvalue weighted by atomic mass is 10.1. The number of carbonyl (C=O) groups excluding carboxylic acids is 1. The molecule has 0 saturated heterocycles. The van der Waals surface area contributed by atoms with Crippen LogP contribution < -0.4 is 5.32 Å². The number of halogens is 1. The number of rotatable bonds is 8. The number of carbonyl (C=O) groups is 1. The van der Waals surface area contributed by atoms with Crippen LogP contribution in [0.3, 0.4) is 0 Å². The standard InChI is InChI=1S/C19H21ClN2O2/c1-15(7-8-16-5-3-2-4-6-16)22-19(23)14-24-21-13-17-9-11-18(20)12-10-17/h2-6,9-13,15H,7-8,14H2,1H3,(H,22,23)/b21-13-/t15-/m1/s1. The minimum Gasteiger partial charge on any atom is -0.386 e. The minimum atomic E-state index is -0.177. The van der Waals surface area contributed by atoms with Crippen molar-refractivity contribution in [3.05, 3.63) is 70.7 Å². The van der Waals surface area contributed by atoms with Crippen LogP contribution in [0.25, 0.3) is 0 Å². The summed E-state index contributed by atoms with van der Waals surface area (Å²) < 4.78 is 0. The molecule has 2 rings (SSSR count). The van der Waals surface area contributed by atoms with Gasteiger partial charge in [0.25, 0.3) is 5.91 Å². The van der Waals surface area contributed by atoms with Crippen LogP contribution in [0.2, 0.25) is 5.02 Å². The number of hydrogen-bond donors (Lipinski definition) is 1. The van der Waals surface area contributed by atoms with Crippen LogP contribution in [0.1, 0.15) is 24.5 Å². The smallest absolute Gasteiger partial charge is 0.260 e. The summed E-state index contributed by atoms with van der Waals surface area (Å²) in [6.07, 6.45) is 3.35. The van der Waals surface area contributed by atoms with Gasteiger partial charge in [0.05, 0.1) is 6.21 Å². The Morgan fingerprint density at radius 2 is 1.92 bits per heavy atom. The topological polar surface area (TPSA) is 50.7 Å². The lowest BCUT2D eigenvalue weighted by molar-refractivity contribution is -0.126. The van der Waals surface area contributed by atoms with Crippen molar-refractivity contribution in [3.8, 4) is 0 Å². The largest absolute Gasteiger partial charge is 0.386 e. The number of hydrogen-bond acceptors (Lipinski definition) is 3. The van der Waals surface area contributed by atoms with Crippen LogP contribution in [-0.2, 0) is 16.1 Å². The van der Waals surface area contributed by atoms with Crippen molar-refractivity contribution in [2.75, 3.05) is 6.61 Å². The third kappa shape index (κ3) is 6.84. The zero-order chi connectivity index (χ0) is 17.2. The number of oxime groups is 1. The van der Waals surface area contributed by atoms with Crippen molar-refractivity contribution < 1.29 is 9.63 Å². The highest BCUT2D eigenvalue weighted by atomic mass is 35.5. The molecule has 2 aromatic carbocycles. The molecule has 0 fully saturated rings. The average Bonchev–Trinajstić information content (AvgIpc) is 2.59. The zero-order valence-corrected chi connectivity index (χ0v) is 14.4. The summed E-state index contributed by atoms with van der Waals surface area (Å²) in [4.78, 5) is 16.8. The van der Waals surface area contributed by atoms with Crippen molar-refractivity contribution in [2.24, 2.45) is 5.16 Å². The summed E-state index contributed by atoms with van der Waals surface area (Å²) in [5, 5.41) is 7.35. The molecule has 24 heavy (non-hydrogen) atoms. The summed E-state index contributed by atoms with van der Waals surface area (Å²) in [5.74, 6) is -0.177. The molecule has 4 nitrogen and oxygen atoms in total. The molecule has 1 atom stereocenters. The highest BCUT2D eigenvalue weighted by Gasteiger charge is 2.07. The average molecular weight is 345 g/mol. The van der Waals surface area contributed by atoms with Gasteiger partial charge in [-0.3, -0.25) is 4.79 Å². The molecular weight excluding hydrogens is 324 g/mol. The molecule has 0 unspecified atom stereocenters. The van der Waals surface area contributed by atoms with E-state index in [1.54, 1.807) is 18.3 Å². The van der Waals surface area contributed by atoms with Crippen LogP contribution in [0.5, 0.6) is 0 Å². The van der Waals surface area contributed by atoms with Gasteiger partial charge < -0.3 is 10.2 Å². The van der Waals surface area contributed by atoms with Crippen molar-refractivity contribution in [1.82, 2.24) is 5.32 Å². The van der Waals surface area contributed by atoms with E-state index in [1.807, 2.05) is 37.3 Å².